The molecule has 6 nitrogen and oxygen atoms in total. The topological polar surface area (TPSA) is 59.1 Å². The van der Waals surface area contributed by atoms with Gasteiger partial charge in [0.1, 0.15) is 11.8 Å². The quantitative estimate of drug-likeness (QED) is 0.764. The van der Waals surface area contributed by atoms with Crippen LogP contribution in [0.5, 0.6) is 0 Å². The van der Waals surface area contributed by atoms with Gasteiger partial charge in [0, 0.05) is 7.05 Å². The van der Waals surface area contributed by atoms with E-state index in [-0.39, 0.29) is 11.9 Å². The molecule has 1 aromatic carbocycles. The molecule has 1 aliphatic rings. The molecule has 1 fully saturated rings. The number of esters is 1. The minimum Gasteiger partial charge on any atom is -0.467 e. The highest BCUT2D eigenvalue weighted by Crippen LogP contribution is 2.38. The Hall–Kier alpha value is -1.92. The minimum absolute atomic E-state index is 0.0167. The third-order valence-corrected chi connectivity index (χ3v) is 4.98. The zero-order valence-electron chi connectivity index (χ0n) is 15.9. The summed E-state index contributed by atoms with van der Waals surface area (Å²) in [5, 5.41) is 0. The summed E-state index contributed by atoms with van der Waals surface area (Å²) in [5.74, 6) is -0.572. The molecule has 1 amide bonds. The standard InChI is InChI=1S/C19H28N2O4/c1-13(17(22)20(5)14(2)18(23)24-6)21-16(12-25-19(21,3)4)15-10-8-7-9-11-15/h7-11,13-14,16H,12H2,1-6H3/t13-,14+,16-/m1/s1. The third-order valence-electron chi connectivity index (χ3n) is 4.98. The lowest BCUT2D eigenvalue weighted by Gasteiger charge is -2.39. The highest BCUT2D eigenvalue weighted by molar-refractivity contribution is 5.87. The van der Waals surface area contributed by atoms with Crippen molar-refractivity contribution in [2.45, 2.75) is 51.5 Å². The summed E-state index contributed by atoms with van der Waals surface area (Å²) >= 11 is 0. The van der Waals surface area contributed by atoms with E-state index in [1.54, 1.807) is 14.0 Å². The van der Waals surface area contributed by atoms with Gasteiger partial charge in [-0.15, -0.1) is 0 Å². The molecule has 3 atom stereocenters. The highest BCUT2D eigenvalue weighted by Gasteiger charge is 2.46. The van der Waals surface area contributed by atoms with Crippen LogP contribution in [0.25, 0.3) is 0 Å². The van der Waals surface area contributed by atoms with E-state index in [9.17, 15) is 9.59 Å². The zero-order chi connectivity index (χ0) is 18.8. The zero-order valence-corrected chi connectivity index (χ0v) is 15.9. The number of rotatable bonds is 5. The average molecular weight is 348 g/mol. The Balaban J connectivity index is 2.26. The second-order valence-electron chi connectivity index (χ2n) is 6.92. The molecule has 1 aromatic rings. The van der Waals surface area contributed by atoms with Crippen molar-refractivity contribution in [2.24, 2.45) is 0 Å². The average Bonchev–Trinajstić information content (AvgIpc) is 2.94. The molecule has 2 rings (SSSR count). The molecule has 1 heterocycles. The van der Waals surface area contributed by atoms with Crippen LogP contribution in [0.4, 0.5) is 0 Å². The first-order valence-electron chi connectivity index (χ1n) is 8.52. The Labute approximate surface area is 149 Å². The van der Waals surface area contributed by atoms with E-state index in [2.05, 4.69) is 4.90 Å². The molecule has 25 heavy (non-hydrogen) atoms. The predicted molar refractivity (Wildman–Crippen MR) is 94.8 cm³/mol. The second kappa shape index (κ2) is 7.54. The van der Waals surface area contributed by atoms with E-state index < -0.39 is 23.8 Å². The van der Waals surface area contributed by atoms with E-state index in [1.165, 1.54) is 12.0 Å². The van der Waals surface area contributed by atoms with Gasteiger partial charge < -0.3 is 14.4 Å². The molecular weight excluding hydrogens is 320 g/mol. The van der Waals surface area contributed by atoms with E-state index in [4.69, 9.17) is 9.47 Å². The molecule has 0 aliphatic carbocycles. The van der Waals surface area contributed by atoms with Crippen LogP contribution < -0.4 is 0 Å². The molecular formula is C19H28N2O4. The van der Waals surface area contributed by atoms with Crippen molar-refractivity contribution in [1.82, 2.24) is 9.80 Å². The van der Waals surface area contributed by atoms with Crippen LogP contribution >= 0.6 is 0 Å². The van der Waals surface area contributed by atoms with Crippen LogP contribution in [-0.4, -0.2) is 60.2 Å². The van der Waals surface area contributed by atoms with Gasteiger partial charge in [-0.25, -0.2) is 4.79 Å². The number of benzene rings is 1. The number of carbonyl (C=O) groups is 2. The fourth-order valence-corrected chi connectivity index (χ4v) is 3.41. The Morgan fingerprint density at radius 2 is 1.88 bits per heavy atom. The smallest absolute Gasteiger partial charge is 0.328 e. The van der Waals surface area contributed by atoms with Gasteiger partial charge in [0.2, 0.25) is 5.91 Å². The number of likely N-dealkylation sites (N-methyl/N-ethyl adjacent to an activating group) is 1. The number of carbonyl (C=O) groups excluding carboxylic acids is 2. The van der Waals surface area contributed by atoms with Crippen LogP contribution in [-0.2, 0) is 19.1 Å². The van der Waals surface area contributed by atoms with Gasteiger partial charge in [0.05, 0.1) is 25.8 Å². The van der Waals surface area contributed by atoms with E-state index in [0.717, 1.165) is 5.56 Å². The summed E-state index contributed by atoms with van der Waals surface area (Å²) in [6.45, 7) is 7.96. The Morgan fingerprint density at radius 3 is 2.44 bits per heavy atom. The molecule has 0 radical (unpaired) electrons. The first-order chi connectivity index (χ1) is 11.7. The molecule has 0 bridgehead atoms. The molecule has 0 unspecified atom stereocenters. The SMILES string of the molecule is COC(=O)[C@H](C)N(C)C(=O)[C@@H](C)N1[C@@H](c2ccccc2)COC1(C)C. The molecule has 6 heteroatoms. The summed E-state index contributed by atoms with van der Waals surface area (Å²) in [4.78, 5) is 28.2. The van der Waals surface area contributed by atoms with Crippen molar-refractivity contribution in [1.29, 1.82) is 0 Å². The maximum Gasteiger partial charge on any atom is 0.328 e. The number of ether oxygens (including phenoxy) is 2. The lowest BCUT2D eigenvalue weighted by atomic mass is 10.0. The van der Waals surface area contributed by atoms with Gasteiger partial charge in [-0.1, -0.05) is 30.3 Å². The van der Waals surface area contributed by atoms with E-state index >= 15 is 0 Å². The highest BCUT2D eigenvalue weighted by atomic mass is 16.5. The van der Waals surface area contributed by atoms with Gasteiger partial charge in [-0.05, 0) is 33.3 Å². The van der Waals surface area contributed by atoms with Crippen LogP contribution in [0.2, 0.25) is 0 Å². The summed E-state index contributed by atoms with van der Waals surface area (Å²) in [6, 6.07) is 8.92. The largest absolute Gasteiger partial charge is 0.467 e. The molecule has 138 valence electrons. The van der Waals surface area contributed by atoms with E-state index in [1.807, 2.05) is 51.1 Å². The third kappa shape index (κ3) is 3.85. The van der Waals surface area contributed by atoms with Crippen molar-refractivity contribution in [2.75, 3.05) is 20.8 Å². The Kier molecular flexibility index (Phi) is 5.85. The number of amides is 1. The monoisotopic (exact) mass is 348 g/mol. The van der Waals surface area contributed by atoms with Crippen LogP contribution in [0.1, 0.15) is 39.3 Å². The summed E-state index contributed by atoms with van der Waals surface area (Å²) < 4.78 is 10.7. The molecule has 0 N–H and O–H groups in total. The normalized spacial score (nSPS) is 22.2. The number of methoxy groups -OCH3 is 1. The fraction of sp³-hybridized carbons (Fsp3) is 0.579. The van der Waals surface area contributed by atoms with Crippen LogP contribution in [0, 0.1) is 0 Å². The minimum atomic E-state index is -0.637. The first kappa shape index (κ1) is 19.4. The fourth-order valence-electron chi connectivity index (χ4n) is 3.41. The van der Waals surface area contributed by atoms with Crippen molar-refractivity contribution in [3.05, 3.63) is 35.9 Å². The Bertz CT molecular complexity index is 617. The van der Waals surface area contributed by atoms with Gasteiger partial charge in [-0.2, -0.15) is 0 Å². The van der Waals surface area contributed by atoms with Gasteiger partial charge in [-0.3, -0.25) is 9.69 Å². The lowest BCUT2D eigenvalue weighted by molar-refractivity contribution is -0.155. The van der Waals surface area contributed by atoms with Gasteiger partial charge in [0.25, 0.3) is 0 Å². The summed E-state index contributed by atoms with van der Waals surface area (Å²) in [7, 11) is 2.95. The summed E-state index contributed by atoms with van der Waals surface area (Å²) in [6.07, 6.45) is 0. The molecule has 1 aliphatic heterocycles. The van der Waals surface area contributed by atoms with Crippen molar-refractivity contribution in [3.63, 3.8) is 0 Å². The molecule has 0 saturated carbocycles. The number of hydrogen-bond acceptors (Lipinski definition) is 5. The van der Waals surface area contributed by atoms with Crippen molar-refractivity contribution < 1.29 is 19.1 Å². The predicted octanol–water partition coefficient (Wildman–Crippen LogP) is 2.20. The van der Waals surface area contributed by atoms with E-state index in [0.29, 0.717) is 6.61 Å². The molecule has 0 spiro atoms. The maximum absolute atomic E-state index is 13.0. The van der Waals surface area contributed by atoms with Crippen molar-refractivity contribution in [3.8, 4) is 0 Å². The van der Waals surface area contributed by atoms with Crippen LogP contribution in [0.3, 0.4) is 0 Å². The Morgan fingerprint density at radius 1 is 1.28 bits per heavy atom. The lowest BCUT2D eigenvalue weighted by Crippen LogP contribution is -2.55. The number of nitrogens with zero attached hydrogens (tertiary/aromatic N) is 2. The molecule has 0 aromatic heterocycles. The van der Waals surface area contributed by atoms with Gasteiger partial charge in [0.15, 0.2) is 0 Å². The van der Waals surface area contributed by atoms with Crippen molar-refractivity contribution >= 4 is 11.9 Å². The second-order valence-corrected chi connectivity index (χ2v) is 6.92. The molecule has 1 saturated heterocycles. The summed E-state index contributed by atoms with van der Waals surface area (Å²) in [5.41, 5.74) is 0.529. The maximum atomic E-state index is 13.0. The van der Waals surface area contributed by atoms with Gasteiger partial charge >= 0.3 is 5.97 Å². The first-order valence-corrected chi connectivity index (χ1v) is 8.52. The number of hydrogen-bond donors (Lipinski definition) is 0. The van der Waals surface area contributed by atoms with Crippen LogP contribution in [0.15, 0.2) is 30.3 Å².